The number of carbonyl (C=O) groups excluding carboxylic acids is 1. The zero-order chi connectivity index (χ0) is 17.4. The number of hydrogen-bond donors (Lipinski definition) is 2. The maximum atomic E-state index is 12.5. The maximum absolute atomic E-state index is 12.5. The van der Waals surface area contributed by atoms with Crippen molar-refractivity contribution in [3.8, 4) is 5.75 Å². The van der Waals surface area contributed by atoms with Crippen molar-refractivity contribution in [3.05, 3.63) is 39.5 Å². The summed E-state index contributed by atoms with van der Waals surface area (Å²) < 4.78 is 5.49. The number of fused-ring (bicyclic) bond motifs is 1. The summed E-state index contributed by atoms with van der Waals surface area (Å²) in [5.74, 6) is 0.560. The van der Waals surface area contributed by atoms with Gasteiger partial charge in [0.2, 0.25) is 5.95 Å². The van der Waals surface area contributed by atoms with Crippen LogP contribution in [0.4, 0.5) is 11.8 Å². The molecule has 4 N–H and O–H groups in total. The highest BCUT2D eigenvalue weighted by atomic mass is 35.5. The molecule has 0 spiro atoms. The molecular formula is C15H15Cl2N5O2. The first-order chi connectivity index (χ1) is 11.4. The largest absolute Gasteiger partial charge is 0.482 e. The Bertz CT molecular complexity index is 815. The van der Waals surface area contributed by atoms with Crippen molar-refractivity contribution >= 4 is 40.9 Å². The summed E-state index contributed by atoms with van der Waals surface area (Å²) >= 11 is 11.9. The molecule has 0 saturated heterocycles. The van der Waals surface area contributed by atoms with Gasteiger partial charge >= 0.3 is 0 Å². The quantitative estimate of drug-likeness (QED) is 0.862. The van der Waals surface area contributed by atoms with E-state index in [2.05, 4.69) is 9.97 Å². The maximum Gasteiger partial charge on any atom is 0.261 e. The molecule has 0 aliphatic carbocycles. The third-order valence-corrected chi connectivity index (χ3v) is 4.38. The standard InChI is InChI=1S/C15H15Cl2N5O2/c1-7-13-9(14(18)21-15(19)20-13)5-22(7)12(23)6-24-11-3-2-8(16)4-10(11)17/h2-4,7H,5-6H2,1H3,(H4,18,19,20,21)/t7-/m1/s1. The number of rotatable bonds is 3. The average molecular weight is 368 g/mol. The van der Waals surface area contributed by atoms with Crippen molar-refractivity contribution in [2.45, 2.75) is 19.5 Å². The lowest BCUT2D eigenvalue weighted by Crippen LogP contribution is -2.32. The van der Waals surface area contributed by atoms with Crippen molar-refractivity contribution < 1.29 is 9.53 Å². The lowest BCUT2D eigenvalue weighted by Gasteiger charge is -2.21. The number of nitrogens with two attached hydrogens (primary N) is 2. The highest BCUT2D eigenvalue weighted by Gasteiger charge is 2.34. The summed E-state index contributed by atoms with van der Waals surface area (Å²) in [6, 6.07) is 4.55. The van der Waals surface area contributed by atoms with Gasteiger partial charge in [0, 0.05) is 10.6 Å². The van der Waals surface area contributed by atoms with Gasteiger partial charge in [0.1, 0.15) is 11.6 Å². The van der Waals surface area contributed by atoms with E-state index in [-0.39, 0.29) is 24.5 Å². The van der Waals surface area contributed by atoms with Crippen LogP contribution in [0.15, 0.2) is 18.2 Å². The van der Waals surface area contributed by atoms with Gasteiger partial charge in [-0.25, -0.2) is 4.98 Å². The van der Waals surface area contributed by atoms with Crippen LogP contribution in [-0.2, 0) is 11.3 Å². The first kappa shape index (κ1) is 16.6. The molecule has 1 aliphatic rings. The van der Waals surface area contributed by atoms with Gasteiger partial charge in [0.15, 0.2) is 6.61 Å². The van der Waals surface area contributed by atoms with Gasteiger partial charge in [-0.2, -0.15) is 4.98 Å². The van der Waals surface area contributed by atoms with Crippen LogP contribution >= 0.6 is 23.2 Å². The van der Waals surface area contributed by atoms with Crippen LogP contribution in [0.3, 0.4) is 0 Å². The Balaban J connectivity index is 1.71. The smallest absolute Gasteiger partial charge is 0.261 e. The van der Waals surface area contributed by atoms with Crippen LogP contribution in [0.2, 0.25) is 10.0 Å². The molecule has 0 radical (unpaired) electrons. The molecule has 126 valence electrons. The van der Waals surface area contributed by atoms with Crippen molar-refractivity contribution in [3.63, 3.8) is 0 Å². The summed E-state index contributed by atoms with van der Waals surface area (Å²) in [4.78, 5) is 22.2. The Hall–Kier alpha value is -2.25. The number of halogens is 2. The number of amides is 1. The van der Waals surface area contributed by atoms with Crippen LogP contribution in [0.25, 0.3) is 0 Å². The van der Waals surface area contributed by atoms with E-state index < -0.39 is 0 Å². The second-order valence-electron chi connectivity index (χ2n) is 5.39. The van der Waals surface area contributed by atoms with Crippen LogP contribution in [0.5, 0.6) is 5.75 Å². The first-order valence-corrected chi connectivity index (χ1v) is 7.91. The number of nitrogen functional groups attached to an aromatic ring is 2. The molecule has 7 nitrogen and oxygen atoms in total. The third-order valence-electron chi connectivity index (χ3n) is 3.85. The van der Waals surface area contributed by atoms with E-state index in [9.17, 15) is 4.79 Å². The fourth-order valence-electron chi connectivity index (χ4n) is 2.62. The topological polar surface area (TPSA) is 107 Å². The van der Waals surface area contributed by atoms with Crippen molar-refractivity contribution in [2.75, 3.05) is 18.1 Å². The molecule has 2 heterocycles. The fourth-order valence-corrected chi connectivity index (χ4v) is 3.08. The van der Waals surface area contributed by atoms with Gasteiger partial charge in [-0.1, -0.05) is 23.2 Å². The molecule has 2 aromatic rings. The first-order valence-electron chi connectivity index (χ1n) is 7.16. The Morgan fingerprint density at radius 2 is 2.12 bits per heavy atom. The molecule has 0 bridgehead atoms. The highest BCUT2D eigenvalue weighted by molar-refractivity contribution is 6.35. The lowest BCUT2D eigenvalue weighted by atomic mass is 10.2. The van der Waals surface area contributed by atoms with E-state index in [4.69, 9.17) is 39.4 Å². The SMILES string of the molecule is C[C@@H]1c2nc(N)nc(N)c2CN1C(=O)COc1ccc(Cl)cc1Cl. The summed E-state index contributed by atoms with van der Waals surface area (Å²) in [6.07, 6.45) is 0. The number of aromatic nitrogens is 2. The minimum absolute atomic E-state index is 0.0941. The molecule has 9 heteroatoms. The van der Waals surface area contributed by atoms with Gasteiger partial charge in [-0.15, -0.1) is 0 Å². The van der Waals surface area contributed by atoms with E-state index in [0.717, 1.165) is 5.56 Å². The number of hydrogen-bond acceptors (Lipinski definition) is 6. The van der Waals surface area contributed by atoms with Crippen LogP contribution < -0.4 is 16.2 Å². The monoisotopic (exact) mass is 367 g/mol. The second-order valence-corrected chi connectivity index (χ2v) is 6.24. The number of carbonyl (C=O) groups is 1. The molecular weight excluding hydrogens is 353 g/mol. The van der Waals surface area contributed by atoms with Crippen LogP contribution in [0, 0.1) is 0 Å². The summed E-state index contributed by atoms with van der Waals surface area (Å²) in [5.41, 5.74) is 12.9. The summed E-state index contributed by atoms with van der Waals surface area (Å²) in [5, 5.41) is 0.838. The van der Waals surface area contributed by atoms with Gasteiger partial charge in [-0.05, 0) is 25.1 Å². The van der Waals surface area contributed by atoms with Gasteiger partial charge < -0.3 is 21.1 Å². The number of ether oxygens (including phenoxy) is 1. The molecule has 1 aromatic heterocycles. The molecule has 24 heavy (non-hydrogen) atoms. The number of benzene rings is 1. The molecule has 1 atom stereocenters. The Morgan fingerprint density at radius 3 is 2.83 bits per heavy atom. The molecule has 3 rings (SSSR count). The molecule has 0 unspecified atom stereocenters. The van der Waals surface area contributed by atoms with Crippen LogP contribution in [0.1, 0.15) is 24.2 Å². The highest BCUT2D eigenvalue weighted by Crippen LogP contribution is 2.35. The van der Waals surface area contributed by atoms with Crippen LogP contribution in [-0.4, -0.2) is 27.4 Å². The molecule has 1 amide bonds. The zero-order valence-corrected chi connectivity index (χ0v) is 14.3. The van der Waals surface area contributed by atoms with Gasteiger partial charge in [-0.3, -0.25) is 4.79 Å². The van der Waals surface area contributed by atoms with E-state index in [1.807, 2.05) is 6.92 Å². The van der Waals surface area contributed by atoms with Crippen molar-refractivity contribution in [1.82, 2.24) is 14.9 Å². The van der Waals surface area contributed by atoms with Gasteiger partial charge in [0.25, 0.3) is 5.91 Å². The van der Waals surface area contributed by atoms with Crippen molar-refractivity contribution in [1.29, 1.82) is 0 Å². The Labute approximate surface area is 148 Å². The van der Waals surface area contributed by atoms with E-state index in [1.54, 1.807) is 23.1 Å². The number of nitrogens with zero attached hydrogens (tertiary/aromatic N) is 3. The fraction of sp³-hybridized carbons (Fsp3) is 0.267. The lowest BCUT2D eigenvalue weighted by molar-refractivity contribution is -0.135. The number of anilines is 2. The van der Waals surface area contributed by atoms with E-state index in [1.165, 1.54) is 0 Å². The predicted molar refractivity (Wildman–Crippen MR) is 91.8 cm³/mol. The summed E-state index contributed by atoms with van der Waals surface area (Å²) in [7, 11) is 0. The summed E-state index contributed by atoms with van der Waals surface area (Å²) in [6.45, 7) is 2.01. The normalized spacial score (nSPS) is 16.1. The molecule has 0 fully saturated rings. The second kappa shape index (κ2) is 6.33. The molecule has 1 aromatic carbocycles. The third kappa shape index (κ3) is 3.05. The average Bonchev–Trinajstić information content (AvgIpc) is 2.84. The van der Waals surface area contributed by atoms with Gasteiger partial charge in [0.05, 0.1) is 23.3 Å². The Kier molecular flexibility index (Phi) is 4.38. The van der Waals surface area contributed by atoms with Crippen molar-refractivity contribution in [2.24, 2.45) is 0 Å². The Morgan fingerprint density at radius 1 is 1.38 bits per heavy atom. The minimum atomic E-state index is -0.260. The van der Waals surface area contributed by atoms with E-state index in [0.29, 0.717) is 33.9 Å². The minimum Gasteiger partial charge on any atom is -0.482 e. The zero-order valence-electron chi connectivity index (χ0n) is 12.8. The predicted octanol–water partition coefficient (Wildman–Crippen LogP) is 2.43. The molecule has 1 aliphatic heterocycles. The molecule has 0 saturated carbocycles. The van der Waals surface area contributed by atoms with E-state index >= 15 is 0 Å².